The van der Waals surface area contributed by atoms with E-state index in [0.29, 0.717) is 41.0 Å². The first-order chi connectivity index (χ1) is 13.0. The lowest BCUT2D eigenvalue weighted by Gasteiger charge is -2.13. The highest BCUT2D eigenvalue weighted by molar-refractivity contribution is 6.31. The Bertz CT molecular complexity index is 827. The minimum absolute atomic E-state index is 0.320. The van der Waals surface area contributed by atoms with Crippen LogP contribution in [-0.4, -0.2) is 25.2 Å². The number of carbonyl (C=O) groups excluding carboxylic acids is 2. The number of rotatable bonds is 6. The number of carbonyl (C=O) groups is 2. The molecule has 0 aliphatic rings. The lowest BCUT2D eigenvalue weighted by atomic mass is 10.2. The van der Waals surface area contributed by atoms with E-state index in [2.05, 4.69) is 16.2 Å². The van der Waals surface area contributed by atoms with Gasteiger partial charge in [-0.1, -0.05) is 17.7 Å². The molecule has 144 valence electrons. The average molecular weight is 392 g/mol. The Kier molecular flexibility index (Phi) is 7.31. The highest BCUT2D eigenvalue weighted by Gasteiger charge is 2.13. The Labute approximate surface area is 163 Å². The standard InChI is InChI=1S/C19H22ClN3O4/c1-4-26-16-10-9-13(11-17(16)27-5-2)18(24)22-23-19(25)21-15-8-6-7-14(20)12(15)3/h6-11H,4-5H2,1-3H3,(H,22,24)(H2,21,23,25). The Morgan fingerprint density at radius 3 is 2.41 bits per heavy atom. The molecule has 0 saturated carbocycles. The molecular formula is C19H22ClN3O4. The Morgan fingerprint density at radius 2 is 1.70 bits per heavy atom. The summed E-state index contributed by atoms with van der Waals surface area (Å²) in [5, 5.41) is 3.16. The maximum absolute atomic E-state index is 12.3. The van der Waals surface area contributed by atoms with Crippen molar-refractivity contribution < 1.29 is 19.1 Å². The number of hydrazine groups is 1. The molecule has 0 aromatic heterocycles. The molecule has 0 saturated heterocycles. The van der Waals surface area contributed by atoms with Gasteiger partial charge in [-0.2, -0.15) is 0 Å². The lowest BCUT2D eigenvalue weighted by molar-refractivity contribution is 0.0937. The van der Waals surface area contributed by atoms with E-state index in [1.165, 1.54) is 0 Å². The molecular weight excluding hydrogens is 370 g/mol. The molecule has 7 nitrogen and oxygen atoms in total. The van der Waals surface area contributed by atoms with Crippen LogP contribution in [0.3, 0.4) is 0 Å². The molecule has 0 aliphatic carbocycles. The summed E-state index contributed by atoms with van der Waals surface area (Å²) in [7, 11) is 0. The van der Waals surface area contributed by atoms with E-state index in [1.54, 1.807) is 43.3 Å². The van der Waals surface area contributed by atoms with Gasteiger partial charge >= 0.3 is 6.03 Å². The zero-order valence-corrected chi connectivity index (χ0v) is 16.1. The van der Waals surface area contributed by atoms with Crippen LogP contribution in [0, 0.1) is 6.92 Å². The van der Waals surface area contributed by atoms with Crippen molar-refractivity contribution in [3.8, 4) is 11.5 Å². The van der Waals surface area contributed by atoms with Gasteiger partial charge in [0.05, 0.1) is 13.2 Å². The average Bonchev–Trinajstić information content (AvgIpc) is 2.65. The number of halogens is 1. The number of hydrogen-bond donors (Lipinski definition) is 3. The number of urea groups is 1. The van der Waals surface area contributed by atoms with Gasteiger partial charge in [-0.15, -0.1) is 0 Å². The van der Waals surface area contributed by atoms with Crippen molar-refractivity contribution in [1.82, 2.24) is 10.9 Å². The summed E-state index contributed by atoms with van der Waals surface area (Å²) < 4.78 is 11.0. The van der Waals surface area contributed by atoms with Gasteiger partial charge < -0.3 is 14.8 Å². The maximum atomic E-state index is 12.3. The van der Waals surface area contributed by atoms with E-state index in [1.807, 2.05) is 13.8 Å². The van der Waals surface area contributed by atoms with Crippen molar-refractivity contribution in [2.24, 2.45) is 0 Å². The van der Waals surface area contributed by atoms with Gasteiger partial charge in [-0.05, 0) is 56.7 Å². The minimum Gasteiger partial charge on any atom is -0.490 e. The molecule has 8 heteroatoms. The van der Waals surface area contributed by atoms with Gasteiger partial charge in [0.1, 0.15) is 0 Å². The van der Waals surface area contributed by atoms with Crippen LogP contribution in [0.5, 0.6) is 11.5 Å². The van der Waals surface area contributed by atoms with E-state index in [-0.39, 0.29) is 0 Å². The zero-order valence-electron chi connectivity index (χ0n) is 15.4. The second-order valence-corrected chi connectivity index (χ2v) is 5.88. The fourth-order valence-corrected chi connectivity index (χ4v) is 2.45. The van der Waals surface area contributed by atoms with Crippen molar-refractivity contribution in [1.29, 1.82) is 0 Å². The Hall–Kier alpha value is -2.93. The number of benzene rings is 2. The molecule has 0 fully saturated rings. The fraction of sp³-hybridized carbons (Fsp3) is 0.263. The smallest absolute Gasteiger partial charge is 0.337 e. The molecule has 0 aliphatic heterocycles. The third kappa shape index (κ3) is 5.52. The molecule has 27 heavy (non-hydrogen) atoms. The highest BCUT2D eigenvalue weighted by atomic mass is 35.5. The molecule has 0 atom stereocenters. The largest absolute Gasteiger partial charge is 0.490 e. The molecule has 0 unspecified atom stereocenters. The summed E-state index contributed by atoms with van der Waals surface area (Å²) in [6.45, 7) is 6.40. The second-order valence-electron chi connectivity index (χ2n) is 5.47. The summed E-state index contributed by atoms with van der Waals surface area (Å²) in [6, 6.07) is 9.36. The van der Waals surface area contributed by atoms with Crippen LogP contribution >= 0.6 is 11.6 Å². The van der Waals surface area contributed by atoms with E-state index < -0.39 is 11.9 Å². The van der Waals surface area contributed by atoms with Gasteiger partial charge in [0.2, 0.25) is 0 Å². The first-order valence-electron chi connectivity index (χ1n) is 8.48. The number of anilines is 1. The van der Waals surface area contributed by atoms with Gasteiger partial charge in [0, 0.05) is 16.3 Å². The quantitative estimate of drug-likeness (QED) is 0.651. The number of hydrogen-bond acceptors (Lipinski definition) is 4. The lowest BCUT2D eigenvalue weighted by Crippen LogP contribution is -2.44. The minimum atomic E-state index is -0.593. The molecule has 0 heterocycles. The van der Waals surface area contributed by atoms with Crippen LogP contribution in [0.1, 0.15) is 29.8 Å². The van der Waals surface area contributed by atoms with E-state index in [4.69, 9.17) is 21.1 Å². The van der Waals surface area contributed by atoms with Crippen molar-refractivity contribution in [3.05, 3.63) is 52.5 Å². The summed E-state index contributed by atoms with van der Waals surface area (Å²) >= 11 is 6.02. The summed E-state index contributed by atoms with van der Waals surface area (Å²) in [4.78, 5) is 24.3. The topological polar surface area (TPSA) is 88.7 Å². The van der Waals surface area contributed by atoms with Crippen molar-refractivity contribution in [3.63, 3.8) is 0 Å². The SMILES string of the molecule is CCOc1ccc(C(=O)NNC(=O)Nc2cccc(Cl)c2C)cc1OCC. The van der Waals surface area contributed by atoms with Crippen LogP contribution in [0.2, 0.25) is 5.02 Å². The molecule has 2 aromatic rings. The third-order valence-corrected chi connectivity index (χ3v) is 4.02. The van der Waals surface area contributed by atoms with Crippen LogP contribution < -0.4 is 25.6 Å². The van der Waals surface area contributed by atoms with Crippen molar-refractivity contribution in [2.75, 3.05) is 18.5 Å². The van der Waals surface area contributed by atoms with Crippen molar-refractivity contribution in [2.45, 2.75) is 20.8 Å². The zero-order chi connectivity index (χ0) is 19.8. The van der Waals surface area contributed by atoms with Gasteiger partial charge in [0.15, 0.2) is 11.5 Å². The van der Waals surface area contributed by atoms with Gasteiger partial charge in [-0.25, -0.2) is 10.2 Å². The van der Waals surface area contributed by atoms with Gasteiger partial charge in [0.25, 0.3) is 5.91 Å². The number of ether oxygens (including phenoxy) is 2. The van der Waals surface area contributed by atoms with Crippen LogP contribution in [-0.2, 0) is 0 Å². The first-order valence-corrected chi connectivity index (χ1v) is 8.86. The molecule has 0 bridgehead atoms. The predicted octanol–water partition coefficient (Wildman–Crippen LogP) is 3.91. The molecule has 3 amide bonds. The summed E-state index contributed by atoms with van der Waals surface area (Å²) in [6.07, 6.45) is 0. The maximum Gasteiger partial charge on any atom is 0.337 e. The molecule has 0 radical (unpaired) electrons. The van der Waals surface area contributed by atoms with Crippen LogP contribution in [0.25, 0.3) is 0 Å². The second kappa shape index (κ2) is 9.68. The molecule has 3 N–H and O–H groups in total. The monoisotopic (exact) mass is 391 g/mol. The highest BCUT2D eigenvalue weighted by Crippen LogP contribution is 2.28. The Morgan fingerprint density at radius 1 is 1.00 bits per heavy atom. The summed E-state index contributed by atoms with van der Waals surface area (Å²) in [5.74, 6) is 0.529. The van der Waals surface area contributed by atoms with Crippen LogP contribution in [0.15, 0.2) is 36.4 Å². The predicted molar refractivity (Wildman–Crippen MR) is 105 cm³/mol. The van der Waals surface area contributed by atoms with E-state index in [9.17, 15) is 9.59 Å². The van der Waals surface area contributed by atoms with E-state index in [0.717, 1.165) is 5.56 Å². The van der Waals surface area contributed by atoms with Crippen LogP contribution in [0.4, 0.5) is 10.5 Å². The Balaban J connectivity index is 1.99. The van der Waals surface area contributed by atoms with Gasteiger partial charge in [-0.3, -0.25) is 10.2 Å². The number of nitrogens with one attached hydrogen (secondary N) is 3. The normalized spacial score (nSPS) is 10.1. The van der Waals surface area contributed by atoms with Crippen molar-refractivity contribution >= 4 is 29.2 Å². The summed E-state index contributed by atoms with van der Waals surface area (Å²) in [5.41, 5.74) is 6.25. The molecule has 0 spiro atoms. The van der Waals surface area contributed by atoms with E-state index >= 15 is 0 Å². The third-order valence-electron chi connectivity index (χ3n) is 3.61. The fourth-order valence-electron chi connectivity index (χ4n) is 2.27. The first kappa shape index (κ1) is 20.4. The molecule has 2 rings (SSSR count). The number of amides is 3. The molecule has 2 aromatic carbocycles.